The highest BCUT2D eigenvalue weighted by Gasteiger charge is 2.25. The van der Waals surface area contributed by atoms with Gasteiger partial charge in [0.15, 0.2) is 0 Å². The third kappa shape index (κ3) is 4.22. The van der Waals surface area contributed by atoms with Gasteiger partial charge in [0, 0.05) is 19.3 Å². The molecule has 1 aromatic carbocycles. The lowest BCUT2D eigenvalue weighted by Crippen LogP contribution is -2.38. The zero-order valence-electron chi connectivity index (χ0n) is 15.3. The van der Waals surface area contributed by atoms with Gasteiger partial charge in [-0.15, -0.1) is 4.40 Å². The number of fused-ring (bicyclic) bond motifs is 1. The Balaban J connectivity index is 1.69. The van der Waals surface area contributed by atoms with E-state index in [9.17, 15) is 18.0 Å². The van der Waals surface area contributed by atoms with E-state index >= 15 is 0 Å². The summed E-state index contributed by atoms with van der Waals surface area (Å²) in [6.45, 7) is 0.427. The average molecular weight is 405 g/mol. The highest BCUT2D eigenvalue weighted by Crippen LogP contribution is 2.21. The number of ether oxygens (including phenoxy) is 2. The number of nitrogens with zero attached hydrogens (tertiary/aromatic N) is 2. The number of hydrogen-bond donors (Lipinski definition) is 1. The zero-order valence-corrected chi connectivity index (χ0v) is 16.2. The molecule has 0 bridgehead atoms. The van der Waals surface area contributed by atoms with E-state index in [4.69, 9.17) is 9.47 Å². The van der Waals surface area contributed by atoms with Crippen LogP contribution in [0.2, 0.25) is 0 Å². The molecule has 0 aromatic heterocycles. The van der Waals surface area contributed by atoms with Crippen molar-refractivity contribution in [1.82, 2.24) is 10.2 Å². The molecule has 148 valence electrons. The fraction of sp³-hybridized carbons (Fsp3) is 0.278. The third-order valence-electron chi connectivity index (χ3n) is 4.21. The van der Waals surface area contributed by atoms with Crippen LogP contribution in [0, 0.1) is 0 Å². The van der Waals surface area contributed by atoms with E-state index in [2.05, 4.69) is 9.71 Å². The molecule has 0 atom stereocenters. The second-order valence-corrected chi connectivity index (χ2v) is 7.81. The minimum Gasteiger partial charge on any atom is -0.496 e. The number of rotatable bonds is 5. The van der Waals surface area contributed by atoms with Gasteiger partial charge in [0.25, 0.3) is 15.9 Å². The molecule has 0 unspecified atom stereocenters. The minimum atomic E-state index is -3.44. The standard InChI is InChI=1S/C18H19N3O6S/c1-26-15-5-3-12(9-14(15)18(23)27-2)10-19-17(22)13-4-6-16-20-28(24,25)8-7-21(16)11-13/h3-6,9,11H,7-8,10H2,1-2H3,(H,19,22). The van der Waals surface area contributed by atoms with Crippen molar-refractivity contribution in [1.29, 1.82) is 0 Å². The van der Waals surface area contributed by atoms with Crippen molar-refractivity contribution in [3.8, 4) is 5.75 Å². The van der Waals surface area contributed by atoms with Crippen molar-refractivity contribution in [3.05, 3.63) is 53.3 Å². The van der Waals surface area contributed by atoms with E-state index in [0.717, 1.165) is 0 Å². The first-order valence-corrected chi connectivity index (χ1v) is 9.96. The number of sulfonamides is 1. The molecular formula is C18H19N3O6S. The van der Waals surface area contributed by atoms with E-state index in [1.165, 1.54) is 26.4 Å². The van der Waals surface area contributed by atoms with Crippen LogP contribution in [0.1, 0.15) is 15.9 Å². The van der Waals surface area contributed by atoms with Crippen LogP contribution in [-0.4, -0.2) is 57.5 Å². The Morgan fingerprint density at radius 1 is 1.25 bits per heavy atom. The first kappa shape index (κ1) is 19.6. The number of carbonyl (C=O) groups excluding carboxylic acids is 2. The molecule has 2 heterocycles. The molecule has 0 spiro atoms. The van der Waals surface area contributed by atoms with Crippen molar-refractivity contribution in [2.75, 3.05) is 26.5 Å². The van der Waals surface area contributed by atoms with Gasteiger partial charge >= 0.3 is 5.97 Å². The highest BCUT2D eigenvalue weighted by molar-refractivity contribution is 7.90. The van der Waals surface area contributed by atoms with Crippen LogP contribution in [0.25, 0.3) is 0 Å². The molecule has 0 saturated heterocycles. The van der Waals surface area contributed by atoms with Crippen molar-refractivity contribution in [2.24, 2.45) is 4.40 Å². The summed E-state index contributed by atoms with van der Waals surface area (Å²) >= 11 is 0. The van der Waals surface area contributed by atoms with Crippen molar-refractivity contribution >= 4 is 27.7 Å². The number of esters is 1. The fourth-order valence-corrected chi connectivity index (χ4v) is 3.72. The molecule has 1 amide bonds. The topological polar surface area (TPSA) is 114 Å². The Morgan fingerprint density at radius 2 is 2.04 bits per heavy atom. The number of amides is 1. The van der Waals surface area contributed by atoms with E-state index in [0.29, 0.717) is 22.7 Å². The normalized spacial score (nSPS) is 17.1. The summed E-state index contributed by atoms with van der Waals surface area (Å²) in [7, 11) is -0.707. The molecule has 1 N–H and O–H groups in total. The van der Waals surface area contributed by atoms with Gasteiger partial charge in [0.1, 0.15) is 17.1 Å². The number of amidine groups is 1. The second kappa shape index (κ2) is 7.85. The van der Waals surface area contributed by atoms with Crippen LogP contribution in [-0.2, 0) is 26.1 Å². The van der Waals surface area contributed by atoms with E-state index in [1.54, 1.807) is 29.3 Å². The van der Waals surface area contributed by atoms with Gasteiger partial charge in [-0.05, 0) is 29.8 Å². The number of carbonyl (C=O) groups is 2. The maximum absolute atomic E-state index is 12.4. The van der Waals surface area contributed by atoms with Crippen LogP contribution in [0.4, 0.5) is 0 Å². The Bertz CT molecular complexity index is 1010. The van der Waals surface area contributed by atoms with Crippen LogP contribution < -0.4 is 10.1 Å². The lowest BCUT2D eigenvalue weighted by Gasteiger charge is -2.26. The van der Waals surface area contributed by atoms with Gasteiger partial charge in [-0.2, -0.15) is 0 Å². The van der Waals surface area contributed by atoms with Crippen LogP contribution in [0.3, 0.4) is 0 Å². The SMILES string of the molecule is COC(=O)c1cc(CNC(=O)C2=CN3CCS(=O)(=O)N=C3C=C2)ccc1OC. The van der Waals surface area contributed by atoms with E-state index in [-0.39, 0.29) is 30.3 Å². The summed E-state index contributed by atoms with van der Waals surface area (Å²) < 4.78 is 36.6. The van der Waals surface area contributed by atoms with Crippen molar-refractivity contribution in [3.63, 3.8) is 0 Å². The molecule has 2 aliphatic rings. The van der Waals surface area contributed by atoms with Crippen molar-refractivity contribution in [2.45, 2.75) is 6.54 Å². The minimum absolute atomic E-state index is 0.0993. The predicted molar refractivity (Wildman–Crippen MR) is 101 cm³/mol. The summed E-state index contributed by atoms with van der Waals surface area (Å²) in [6.07, 6.45) is 4.57. The third-order valence-corrected chi connectivity index (χ3v) is 5.37. The summed E-state index contributed by atoms with van der Waals surface area (Å²) in [5, 5.41) is 2.77. The molecule has 3 rings (SSSR count). The van der Waals surface area contributed by atoms with Crippen LogP contribution in [0.15, 0.2) is 46.5 Å². The zero-order chi connectivity index (χ0) is 20.3. The summed E-state index contributed by atoms with van der Waals surface area (Å²) in [4.78, 5) is 25.9. The molecule has 28 heavy (non-hydrogen) atoms. The lowest BCUT2D eigenvalue weighted by atomic mass is 10.1. The van der Waals surface area contributed by atoms with E-state index < -0.39 is 16.0 Å². The molecule has 10 heteroatoms. The molecule has 0 radical (unpaired) electrons. The monoisotopic (exact) mass is 405 g/mol. The quantitative estimate of drug-likeness (QED) is 0.713. The maximum Gasteiger partial charge on any atom is 0.341 e. The molecule has 2 aliphatic heterocycles. The van der Waals surface area contributed by atoms with Gasteiger partial charge in [-0.25, -0.2) is 13.2 Å². The van der Waals surface area contributed by atoms with Gasteiger partial charge in [-0.1, -0.05) is 6.07 Å². The number of hydrogen-bond acceptors (Lipinski definition) is 7. The Labute approximate surface area is 162 Å². The Kier molecular flexibility index (Phi) is 5.50. The lowest BCUT2D eigenvalue weighted by molar-refractivity contribution is -0.117. The maximum atomic E-state index is 12.4. The highest BCUT2D eigenvalue weighted by atomic mass is 32.2. The molecule has 9 nitrogen and oxygen atoms in total. The summed E-state index contributed by atoms with van der Waals surface area (Å²) in [5.74, 6) is -0.292. The smallest absolute Gasteiger partial charge is 0.341 e. The van der Waals surface area contributed by atoms with Gasteiger partial charge in [0.05, 0.1) is 25.5 Å². The Morgan fingerprint density at radius 3 is 2.75 bits per heavy atom. The summed E-state index contributed by atoms with van der Waals surface area (Å²) in [5.41, 5.74) is 1.34. The fourth-order valence-electron chi connectivity index (χ4n) is 2.75. The molecule has 0 aliphatic carbocycles. The first-order valence-electron chi connectivity index (χ1n) is 8.35. The van der Waals surface area contributed by atoms with E-state index in [1.807, 2.05) is 0 Å². The molecule has 1 aromatic rings. The molecular weight excluding hydrogens is 386 g/mol. The first-order chi connectivity index (χ1) is 13.3. The number of methoxy groups -OCH3 is 2. The predicted octanol–water partition coefficient (Wildman–Crippen LogP) is 0.596. The van der Waals surface area contributed by atoms with Crippen molar-refractivity contribution < 1.29 is 27.5 Å². The van der Waals surface area contributed by atoms with Crippen LogP contribution >= 0.6 is 0 Å². The van der Waals surface area contributed by atoms with Crippen LogP contribution in [0.5, 0.6) is 5.75 Å². The number of nitrogens with one attached hydrogen (secondary N) is 1. The number of benzene rings is 1. The van der Waals surface area contributed by atoms with Gasteiger partial charge < -0.3 is 19.7 Å². The summed E-state index contributed by atoms with van der Waals surface area (Å²) in [6, 6.07) is 4.96. The van der Waals surface area contributed by atoms with Gasteiger partial charge in [0.2, 0.25) is 0 Å². The average Bonchev–Trinajstić information content (AvgIpc) is 2.70. The largest absolute Gasteiger partial charge is 0.496 e. The molecule has 0 fully saturated rings. The molecule has 0 saturated carbocycles. The second-order valence-electron chi connectivity index (χ2n) is 6.06. The van der Waals surface area contributed by atoms with Gasteiger partial charge in [-0.3, -0.25) is 4.79 Å². The Hall–Kier alpha value is -3.14.